The van der Waals surface area contributed by atoms with Crippen molar-refractivity contribution < 1.29 is 24.4 Å². The lowest BCUT2D eigenvalue weighted by Crippen LogP contribution is -2.27. The number of benzene rings is 2. The van der Waals surface area contributed by atoms with Crippen LogP contribution in [0, 0.1) is 0 Å². The smallest absolute Gasteiger partial charge is 0.303 e. The van der Waals surface area contributed by atoms with Crippen LogP contribution in [0.25, 0.3) is 0 Å². The Balaban J connectivity index is 1.46. The highest BCUT2D eigenvalue weighted by Crippen LogP contribution is 2.47. The molecule has 6 nitrogen and oxygen atoms in total. The molecule has 0 aromatic heterocycles. The van der Waals surface area contributed by atoms with Crippen LogP contribution in [0.2, 0.25) is 0 Å². The number of hydrogen-bond donors (Lipinski definition) is 2. The van der Waals surface area contributed by atoms with Crippen LogP contribution in [0.1, 0.15) is 90.2 Å². The van der Waals surface area contributed by atoms with Gasteiger partial charge in [-0.15, -0.1) is 0 Å². The van der Waals surface area contributed by atoms with E-state index in [1.165, 1.54) is 33.9 Å². The first-order valence-electron chi connectivity index (χ1n) is 16.3. The maximum Gasteiger partial charge on any atom is 0.303 e. The van der Waals surface area contributed by atoms with Crippen molar-refractivity contribution in [3.8, 4) is 0 Å². The van der Waals surface area contributed by atoms with Gasteiger partial charge >= 0.3 is 11.9 Å². The first-order valence-corrected chi connectivity index (χ1v) is 16.3. The number of fused-ring (bicyclic) bond motifs is 2. The van der Waals surface area contributed by atoms with Crippen molar-refractivity contribution in [2.45, 2.75) is 89.9 Å². The number of carboxylic acids is 2. The van der Waals surface area contributed by atoms with Gasteiger partial charge in [0.1, 0.15) is 6.54 Å². The highest BCUT2D eigenvalue weighted by atomic mass is 16.4. The zero-order valence-electron chi connectivity index (χ0n) is 27.3. The van der Waals surface area contributed by atoms with Crippen molar-refractivity contribution in [1.29, 1.82) is 0 Å². The molecule has 0 saturated carbocycles. The summed E-state index contributed by atoms with van der Waals surface area (Å²) < 4.78 is 2.40. The third kappa shape index (κ3) is 8.10. The van der Waals surface area contributed by atoms with E-state index in [-0.39, 0.29) is 23.7 Å². The summed E-state index contributed by atoms with van der Waals surface area (Å²) in [5.74, 6) is -1.46. The molecule has 0 radical (unpaired) electrons. The molecule has 2 N–H and O–H groups in total. The maximum absolute atomic E-state index is 10.9. The molecule has 0 aliphatic carbocycles. The molecule has 2 aromatic rings. The normalized spacial score (nSPS) is 17.7. The first-order chi connectivity index (χ1) is 21.5. The van der Waals surface area contributed by atoms with E-state index >= 15 is 0 Å². The van der Waals surface area contributed by atoms with Crippen LogP contribution in [-0.2, 0) is 20.4 Å². The van der Waals surface area contributed by atoms with Crippen LogP contribution in [0.4, 0.5) is 11.4 Å². The zero-order chi connectivity index (χ0) is 32.5. The molecule has 0 saturated heterocycles. The molecule has 2 aromatic carbocycles. The standard InChI is InChI=1S/C39H48N2O4/c1-38(2)30-20-14-16-22-32(30)40(28-18-8-12-26-36(42)43)34(38)24-10-6-5-7-11-25-35-39(3,4)31-21-15-17-23-33(31)41(35)29-19-9-13-27-37(44)45/h5-7,10-11,14-17,20-25H,8-9,12-13,18-19,26-29H2,1-4H3,(H-,42,43,44,45)/p+1. The molecule has 6 heteroatoms. The number of carboxylic acid groups (broad SMARTS) is 2. The predicted molar refractivity (Wildman–Crippen MR) is 184 cm³/mol. The Bertz CT molecular complexity index is 1520. The molecule has 0 bridgehead atoms. The Kier molecular flexibility index (Phi) is 11.4. The molecule has 0 spiro atoms. The van der Waals surface area contributed by atoms with Gasteiger partial charge in [0.15, 0.2) is 5.71 Å². The Morgan fingerprint density at radius 2 is 1.31 bits per heavy atom. The first kappa shape index (κ1) is 33.7. The van der Waals surface area contributed by atoms with Gasteiger partial charge < -0.3 is 15.1 Å². The van der Waals surface area contributed by atoms with E-state index < -0.39 is 11.9 Å². The van der Waals surface area contributed by atoms with Crippen molar-refractivity contribution in [1.82, 2.24) is 0 Å². The molecule has 0 fully saturated rings. The van der Waals surface area contributed by atoms with Gasteiger partial charge in [0.05, 0.1) is 5.41 Å². The van der Waals surface area contributed by atoms with Crippen molar-refractivity contribution in [3.05, 3.63) is 108 Å². The summed E-state index contributed by atoms with van der Waals surface area (Å²) >= 11 is 0. The quantitative estimate of drug-likeness (QED) is 0.113. The minimum Gasteiger partial charge on any atom is -0.481 e. The molecule has 2 aliphatic rings. The van der Waals surface area contributed by atoms with Gasteiger partial charge in [-0.05, 0) is 57.2 Å². The second-order valence-electron chi connectivity index (χ2n) is 13.1. The van der Waals surface area contributed by atoms with Crippen molar-refractivity contribution >= 4 is 29.0 Å². The Hall–Kier alpha value is -4.19. The van der Waals surface area contributed by atoms with Crippen LogP contribution >= 0.6 is 0 Å². The third-order valence-corrected chi connectivity index (χ3v) is 9.10. The van der Waals surface area contributed by atoms with Crippen LogP contribution in [-0.4, -0.2) is 45.5 Å². The van der Waals surface area contributed by atoms with E-state index in [9.17, 15) is 9.59 Å². The number of hydrogen-bond acceptors (Lipinski definition) is 3. The summed E-state index contributed by atoms with van der Waals surface area (Å²) in [7, 11) is 0. The van der Waals surface area contributed by atoms with Gasteiger partial charge in [0.2, 0.25) is 5.69 Å². The predicted octanol–water partition coefficient (Wildman–Crippen LogP) is 8.70. The minimum atomic E-state index is -0.728. The van der Waals surface area contributed by atoms with Crippen molar-refractivity contribution in [3.63, 3.8) is 0 Å². The molecule has 4 rings (SSSR count). The molecule has 0 atom stereocenters. The molecule has 0 unspecified atom stereocenters. The van der Waals surface area contributed by atoms with Gasteiger partial charge in [-0.2, -0.15) is 4.58 Å². The number of unbranched alkanes of at least 4 members (excludes halogenated alkanes) is 4. The van der Waals surface area contributed by atoms with Crippen molar-refractivity contribution in [2.24, 2.45) is 0 Å². The summed E-state index contributed by atoms with van der Waals surface area (Å²) in [6, 6.07) is 17.2. The van der Waals surface area contributed by atoms with Crippen LogP contribution in [0.15, 0.2) is 96.8 Å². The molecule has 45 heavy (non-hydrogen) atoms. The largest absolute Gasteiger partial charge is 0.481 e. The zero-order valence-corrected chi connectivity index (χ0v) is 27.3. The number of carbonyl (C=O) groups is 2. The fourth-order valence-corrected chi connectivity index (χ4v) is 6.70. The van der Waals surface area contributed by atoms with Gasteiger partial charge in [-0.1, -0.05) is 87.0 Å². The van der Waals surface area contributed by atoms with Gasteiger partial charge in [0.25, 0.3) is 0 Å². The molecule has 0 amide bonds. The lowest BCUT2D eigenvalue weighted by atomic mass is 9.81. The third-order valence-electron chi connectivity index (χ3n) is 9.10. The number of anilines is 1. The van der Waals surface area contributed by atoms with Crippen molar-refractivity contribution in [2.75, 3.05) is 18.0 Å². The number of allylic oxidation sites excluding steroid dienone is 8. The lowest BCUT2D eigenvalue weighted by Gasteiger charge is -2.27. The summed E-state index contributed by atoms with van der Waals surface area (Å²) in [6.45, 7) is 10.8. The Morgan fingerprint density at radius 3 is 2.02 bits per heavy atom. The minimum absolute atomic E-state index is 0.123. The Labute approximate surface area is 268 Å². The molecule has 238 valence electrons. The van der Waals surface area contributed by atoms with Crippen LogP contribution in [0.3, 0.4) is 0 Å². The Morgan fingerprint density at radius 1 is 0.711 bits per heavy atom. The number of rotatable bonds is 16. The maximum atomic E-state index is 10.9. The van der Waals surface area contributed by atoms with E-state index in [1.807, 2.05) is 0 Å². The molecular formula is C39H49N2O4+. The highest BCUT2D eigenvalue weighted by Gasteiger charge is 2.43. The number of para-hydroxylation sites is 2. The fourth-order valence-electron chi connectivity index (χ4n) is 6.70. The van der Waals surface area contributed by atoms with Gasteiger partial charge in [-0.25, -0.2) is 0 Å². The molecule has 2 heterocycles. The SMILES string of the molecule is CC1(C)C(/C=C/C=C/C=C/C=C2/N(CCCCCC(=O)O)c3ccccc3C2(C)C)=[N+](CCCCCC(=O)O)c2ccccc21. The summed E-state index contributed by atoms with van der Waals surface area (Å²) in [6.07, 6.45) is 20.4. The summed E-state index contributed by atoms with van der Waals surface area (Å²) in [5, 5.41) is 17.9. The second-order valence-corrected chi connectivity index (χ2v) is 13.1. The van der Waals surface area contributed by atoms with Crippen LogP contribution in [0.5, 0.6) is 0 Å². The lowest BCUT2D eigenvalue weighted by molar-refractivity contribution is -0.438. The number of nitrogens with zero attached hydrogens (tertiary/aromatic N) is 2. The van der Waals surface area contributed by atoms with E-state index in [1.54, 1.807) is 0 Å². The fraction of sp³-hybridized carbons (Fsp3) is 0.410. The summed E-state index contributed by atoms with van der Waals surface area (Å²) in [4.78, 5) is 24.2. The molecular weight excluding hydrogens is 560 g/mol. The highest BCUT2D eigenvalue weighted by molar-refractivity contribution is 6.03. The van der Waals surface area contributed by atoms with Gasteiger partial charge in [-0.3, -0.25) is 9.59 Å². The second kappa shape index (κ2) is 15.2. The topological polar surface area (TPSA) is 80.9 Å². The number of aliphatic carboxylic acids is 2. The van der Waals surface area contributed by atoms with E-state index in [2.05, 4.69) is 128 Å². The average molecular weight is 610 g/mol. The van der Waals surface area contributed by atoms with E-state index in [0.29, 0.717) is 12.8 Å². The van der Waals surface area contributed by atoms with E-state index in [0.717, 1.165) is 38.8 Å². The molecule has 2 aliphatic heterocycles. The summed E-state index contributed by atoms with van der Waals surface area (Å²) in [5.41, 5.74) is 7.37. The van der Waals surface area contributed by atoms with Gasteiger partial charge in [0, 0.05) is 60.3 Å². The average Bonchev–Trinajstić information content (AvgIpc) is 3.35. The monoisotopic (exact) mass is 609 g/mol. The van der Waals surface area contributed by atoms with E-state index in [4.69, 9.17) is 10.2 Å². The van der Waals surface area contributed by atoms with Crippen LogP contribution < -0.4 is 4.90 Å².